The van der Waals surface area contributed by atoms with Crippen molar-refractivity contribution in [1.29, 1.82) is 0 Å². The molecule has 0 atom stereocenters. The van der Waals surface area contributed by atoms with Crippen molar-refractivity contribution < 1.29 is 0 Å². The SMILES string of the molecule is CN(N=Cc1cccnc1)c1cc(=O)n(C)c(=O)[nH]1. The number of aromatic nitrogens is 3. The van der Waals surface area contributed by atoms with E-state index in [1.54, 1.807) is 31.7 Å². The monoisotopic (exact) mass is 259 g/mol. The van der Waals surface area contributed by atoms with Gasteiger partial charge in [0.05, 0.1) is 6.21 Å². The summed E-state index contributed by atoms with van der Waals surface area (Å²) in [6, 6.07) is 4.95. The molecule has 0 spiro atoms. The van der Waals surface area contributed by atoms with Crippen LogP contribution in [0.15, 0.2) is 45.3 Å². The lowest BCUT2D eigenvalue weighted by molar-refractivity contribution is 0.766. The van der Waals surface area contributed by atoms with Crippen LogP contribution in [0.4, 0.5) is 5.82 Å². The molecular weight excluding hydrogens is 246 g/mol. The minimum Gasteiger partial charge on any atom is -0.292 e. The Kier molecular flexibility index (Phi) is 3.56. The Labute approximate surface area is 108 Å². The van der Waals surface area contributed by atoms with Crippen LogP contribution in [0.1, 0.15) is 5.56 Å². The summed E-state index contributed by atoms with van der Waals surface area (Å²) in [6.07, 6.45) is 4.91. The largest absolute Gasteiger partial charge is 0.329 e. The summed E-state index contributed by atoms with van der Waals surface area (Å²) < 4.78 is 0.988. The lowest BCUT2D eigenvalue weighted by Crippen LogP contribution is -2.33. The van der Waals surface area contributed by atoms with Gasteiger partial charge >= 0.3 is 5.69 Å². The van der Waals surface area contributed by atoms with Crippen LogP contribution < -0.4 is 16.3 Å². The van der Waals surface area contributed by atoms with E-state index in [0.717, 1.165) is 10.1 Å². The molecule has 0 bridgehead atoms. The zero-order valence-electron chi connectivity index (χ0n) is 10.6. The van der Waals surface area contributed by atoms with E-state index in [4.69, 9.17) is 0 Å². The maximum Gasteiger partial charge on any atom is 0.329 e. The number of nitrogens with zero attached hydrogens (tertiary/aromatic N) is 4. The highest BCUT2D eigenvalue weighted by molar-refractivity contribution is 5.79. The molecule has 2 aromatic heterocycles. The first-order valence-electron chi connectivity index (χ1n) is 5.56. The van der Waals surface area contributed by atoms with Crippen LogP contribution in [0.3, 0.4) is 0 Å². The van der Waals surface area contributed by atoms with Crippen LogP contribution in [0.2, 0.25) is 0 Å². The van der Waals surface area contributed by atoms with Gasteiger partial charge in [-0.2, -0.15) is 5.10 Å². The van der Waals surface area contributed by atoms with Gasteiger partial charge < -0.3 is 0 Å². The number of pyridine rings is 1. The summed E-state index contributed by atoms with van der Waals surface area (Å²) in [6.45, 7) is 0. The van der Waals surface area contributed by atoms with Crippen molar-refractivity contribution in [2.75, 3.05) is 12.1 Å². The number of hydrogen-bond acceptors (Lipinski definition) is 5. The van der Waals surface area contributed by atoms with Gasteiger partial charge in [0.1, 0.15) is 5.82 Å². The second-order valence-corrected chi connectivity index (χ2v) is 3.91. The van der Waals surface area contributed by atoms with Gasteiger partial charge in [0.2, 0.25) is 0 Å². The summed E-state index contributed by atoms with van der Waals surface area (Å²) in [4.78, 5) is 29.5. The first kappa shape index (κ1) is 12.7. The van der Waals surface area contributed by atoms with Crippen molar-refractivity contribution in [3.63, 3.8) is 0 Å². The minimum atomic E-state index is -0.481. The molecule has 0 saturated heterocycles. The highest BCUT2D eigenvalue weighted by Gasteiger charge is 2.03. The first-order valence-corrected chi connectivity index (χ1v) is 5.56. The van der Waals surface area contributed by atoms with Gasteiger partial charge in [0, 0.05) is 38.1 Å². The van der Waals surface area contributed by atoms with Gasteiger partial charge in [-0.15, -0.1) is 0 Å². The van der Waals surface area contributed by atoms with E-state index in [2.05, 4.69) is 15.1 Å². The van der Waals surface area contributed by atoms with Gasteiger partial charge in [0.15, 0.2) is 0 Å². The summed E-state index contributed by atoms with van der Waals surface area (Å²) in [5.41, 5.74) is -0.0476. The normalized spacial score (nSPS) is 10.8. The average molecular weight is 259 g/mol. The summed E-state index contributed by atoms with van der Waals surface area (Å²) in [5.74, 6) is 0.327. The molecule has 1 N–H and O–H groups in total. The Morgan fingerprint density at radius 1 is 1.47 bits per heavy atom. The molecule has 0 radical (unpaired) electrons. The Hall–Kier alpha value is -2.70. The van der Waals surface area contributed by atoms with Gasteiger partial charge in [-0.25, -0.2) is 4.79 Å². The van der Waals surface area contributed by atoms with E-state index in [1.165, 1.54) is 18.1 Å². The van der Waals surface area contributed by atoms with Crippen LogP contribution in [0, 0.1) is 0 Å². The Morgan fingerprint density at radius 3 is 2.89 bits per heavy atom. The number of aromatic amines is 1. The van der Waals surface area contributed by atoms with Crippen molar-refractivity contribution in [2.24, 2.45) is 12.1 Å². The van der Waals surface area contributed by atoms with E-state index >= 15 is 0 Å². The Bertz CT molecular complexity index is 671. The fourth-order valence-corrected chi connectivity index (χ4v) is 1.39. The highest BCUT2D eigenvalue weighted by Crippen LogP contribution is 2.02. The Balaban J connectivity index is 2.26. The molecule has 19 heavy (non-hydrogen) atoms. The summed E-state index contributed by atoms with van der Waals surface area (Å²) >= 11 is 0. The fraction of sp³-hybridized carbons (Fsp3) is 0.167. The predicted octanol–water partition coefficient (Wildman–Crippen LogP) is -0.0611. The van der Waals surface area contributed by atoms with Crippen molar-refractivity contribution in [3.05, 3.63) is 57.0 Å². The topological polar surface area (TPSA) is 83.3 Å². The Morgan fingerprint density at radius 2 is 2.26 bits per heavy atom. The molecule has 2 rings (SSSR count). The minimum absolute atomic E-state index is 0.327. The zero-order valence-corrected chi connectivity index (χ0v) is 10.6. The van der Waals surface area contributed by atoms with E-state index in [-0.39, 0.29) is 5.56 Å². The van der Waals surface area contributed by atoms with E-state index in [1.807, 2.05) is 6.07 Å². The van der Waals surface area contributed by atoms with Gasteiger partial charge in [-0.05, 0) is 6.07 Å². The molecule has 98 valence electrons. The third kappa shape index (κ3) is 2.95. The number of hydrogen-bond donors (Lipinski definition) is 1. The van der Waals surface area contributed by atoms with E-state index in [9.17, 15) is 9.59 Å². The quantitative estimate of drug-likeness (QED) is 0.618. The molecule has 2 heterocycles. The third-order valence-electron chi connectivity index (χ3n) is 2.54. The van der Waals surface area contributed by atoms with Crippen LogP contribution in [-0.4, -0.2) is 27.8 Å². The molecule has 2 aromatic rings. The van der Waals surface area contributed by atoms with Crippen molar-refractivity contribution >= 4 is 12.0 Å². The molecule has 0 aliphatic heterocycles. The number of H-pyrrole nitrogens is 1. The molecule has 7 nitrogen and oxygen atoms in total. The second kappa shape index (κ2) is 5.30. The second-order valence-electron chi connectivity index (χ2n) is 3.91. The van der Waals surface area contributed by atoms with Crippen LogP contribution in [0.5, 0.6) is 0 Å². The standard InChI is InChI=1S/C12H13N5O2/c1-16-11(18)6-10(15-12(16)19)17(2)14-8-9-4-3-5-13-7-9/h3-8H,1-2H3,(H,15,19). The fourth-order valence-electron chi connectivity index (χ4n) is 1.39. The summed E-state index contributed by atoms with van der Waals surface area (Å²) in [5, 5.41) is 5.54. The molecule has 0 unspecified atom stereocenters. The van der Waals surface area contributed by atoms with Crippen LogP contribution >= 0.6 is 0 Å². The smallest absolute Gasteiger partial charge is 0.292 e. The highest BCUT2D eigenvalue weighted by atomic mass is 16.2. The molecule has 7 heteroatoms. The van der Waals surface area contributed by atoms with Crippen molar-refractivity contribution in [2.45, 2.75) is 0 Å². The van der Waals surface area contributed by atoms with E-state index in [0.29, 0.717) is 5.82 Å². The molecule has 0 fully saturated rings. The number of anilines is 1. The van der Waals surface area contributed by atoms with E-state index < -0.39 is 5.69 Å². The third-order valence-corrected chi connectivity index (χ3v) is 2.54. The number of nitrogens with one attached hydrogen (secondary N) is 1. The average Bonchev–Trinajstić information content (AvgIpc) is 2.42. The molecule has 0 saturated carbocycles. The molecule has 0 amide bonds. The molecule has 0 aliphatic rings. The molecular formula is C12H13N5O2. The maximum absolute atomic E-state index is 11.5. The summed E-state index contributed by atoms with van der Waals surface area (Å²) in [7, 11) is 3.04. The number of rotatable bonds is 3. The molecule has 0 aromatic carbocycles. The zero-order chi connectivity index (χ0) is 13.8. The van der Waals surface area contributed by atoms with Gasteiger partial charge in [-0.3, -0.25) is 24.3 Å². The molecule has 0 aliphatic carbocycles. The van der Waals surface area contributed by atoms with Gasteiger partial charge in [0.25, 0.3) is 5.56 Å². The van der Waals surface area contributed by atoms with Crippen molar-refractivity contribution in [3.8, 4) is 0 Å². The first-order chi connectivity index (χ1) is 9.08. The van der Waals surface area contributed by atoms with Gasteiger partial charge in [-0.1, -0.05) is 6.07 Å². The maximum atomic E-state index is 11.5. The van der Waals surface area contributed by atoms with Crippen LogP contribution in [0.25, 0.3) is 0 Å². The predicted molar refractivity (Wildman–Crippen MR) is 72.5 cm³/mol. The number of hydrazone groups is 1. The van der Waals surface area contributed by atoms with Crippen LogP contribution in [-0.2, 0) is 7.05 Å². The van der Waals surface area contributed by atoms with Crippen molar-refractivity contribution in [1.82, 2.24) is 14.5 Å². The lowest BCUT2D eigenvalue weighted by atomic mass is 10.3. The lowest BCUT2D eigenvalue weighted by Gasteiger charge is -2.11.